The number of nitrogens with one attached hydrogen (secondary N) is 1. The molecule has 2 aromatic heterocycles. The van der Waals surface area contributed by atoms with Gasteiger partial charge in [0.05, 0.1) is 15.8 Å². The molecule has 132 valence electrons. The van der Waals surface area contributed by atoms with Crippen molar-refractivity contribution in [2.45, 2.75) is 38.0 Å². The van der Waals surface area contributed by atoms with E-state index in [1.54, 1.807) is 19.1 Å². The number of carbonyl (C=O) groups is 2. The van der Waals surface area contributed by atoms with Crippen molar-refractivity contribution in [1.82, 2.24) is 9.97 Å². The van der Waals surface area contributed by atoms with E-state index in [1.165, 1.54) is 18.0 Å². The number of aryl methyl sites for hydroxylation is 1. The minimum absolute atomic E-state index is 0.257. The van der Waals surface area contributed by atoms with Crippen LogP contribution in [0.1, 0.15) is 34.1 Å². The van der Waals surface area contributed by atoms with Gasteiger partial charge in [-0.25, -0.2) is 9.97 Å². The third-order valence-corrected chi connectivity index (χ3v) is 5.16. The van der Waals surface area contributed by atoms with Crippen LogP contribution in [0.25, 0.3) is 0 Å². The average molecular weight is 379 g/mol. The first kappa shape index (κ1) is 19.2. The van der Waals surface area contributed by atoms with Crippen LogP contribution in [0.4, 0.5) is 5.82 Å². The highest BCUT2D eigenvalue weighted by molar-refractivity contribution is 8.00. The predicted octanol–water partition coefficient (Wildman–Crippen LogP) is 3.27. The number of aromatic nitrogens is 2. The molecule has 0 bridgehead atoms. The molecule has 2 amide bonds. The summed E-state index contributed by atoms with van der Waals surface area (Å²) in [5, 5.41) is 3.15. The topological polar surface area (TPSA) is 98.0 Å². The van der Waals surface area contributed by atoms with Gasteiger partial charge in [0.2, 0.25) is 5.91 Å². The molecule has 0 spiro atoms. The molecule has 0 radical (unpaired) electrons. The molecule has 25 heavy (non-hydrogen) atoms. The number of nitrogens with zero attached hydrogens (tertiary/aromatic N) is 2. The van der Waals surface area contributed by atoms with Gasteiger partial charge in [0.15, 0.2) is 0 Å². The van der Waals surface area contributed by atoms with Gasteiger partial charge in [-0.2, -0.15) is 0 Å². The molecule has 2 heterocycles. The number of pyridine rings is 2. The van der Waals surface area contributed by atoms with E-state index in [4.69, 9.17) is 17.3 Å². The van der Waals surface area contributed by atoms with Gasteiger partial charge in [-0.1, -0.05) is 23.4 Å². The Hall–Kier alpha value is -2.12. The number of halogens is 1. The zero-order valence-electron chi connectivity index (χ0n) is 14.4. The smallest absolute Gasteiger partial charge is 0.251 e. The van der Waals surface area contributed by atoms with E-state index in [9.17, 15) is 9.59 Å². The van der Waals surface area contributed by atoms with Crippen LogP contribution in [-0.4, -0.2) is 27.0 Å². The van der Waals surface area contributed by atoms with Crippen molar-refractivity contribution in [1.29, 1.82) is 0 Å². The van der Waals surface area contributed by atoms with Crippen molar-refractivity contribution in [2.24, 2.45) is 5.73 Å². The van der Waals surface area contributed by atoms with E-state index in [2.05, 4.69) is 15.3 Å². The molecule has 2 rings (SSSR count). The molecule has 6 nitrogen and oxygen atoms in total. The Morgan fingerprint density at radius 2 is 1.92 bits per heavy atom. The van der Waals surface area contributed by atoms with Crippen LogP contribution in [0.2, 0.25) is 5.02 Å². The Labute approximate surface area is 155 Å². The molecule has 0 fully saturated rings. The number of nitrogens with two attached hydrogens (primary N) is 1. The van der Waals surface area contributed by atoms with Crippen LogP contribution < -0.4 is 11.1 Å². The Balaban J connectivity index is 2.22. The lowest BCUT2D eigenvalue weighted by Crippen LogP contribution is -2.24. The molecular formula is C17H19ClN4O2S. The second-order valence-electron chi connectivity index (χ2n) is 5.60. The zero-order valence-corrected chi connectivity index (χ0v) is 16.0. The molecular weight excluding hydrogens is 360 g/mol. The average Bonchev–Trinajstić information content (AvgIpc) is 2.54. The van der Waals surface area contributed by atoms with Gasteiger partial charge in [0.25, 0.3) is 5.91 Å². The second-order valence-corrected chi connectivity index (χ2v) is 7.37. The monoisotopic (exact) mass is 378 g/mol. The first-order valence-corrected chi connectivity index (χ1v) is 8.83. The summed E-state index contributed by atoms with van der Waals surface area (Å²) in [6, 6.07) is 3.26. The van der Waals surface area contributed by atoms with Crippen LogP contribution in [0.3, 0.4) is 0 Å². The summed E-state index contributed by atoms with van der Waals surface area (Å²) in [5.74, 6) is -0.406. The molecule has 0 aromatic carbocycles. The maximum absolute atomic E-state index is 12.4. The zero-order chi connectivity index (χ0) is 18.7. The number of amides is 2. The fourth-order valence-corrected chi connectivity index (χ4v) is 3.36. The largest absolute Gasteiger partial charge is 0.366 e. The molecule has 3 N–H and O–H groups in total. The lowest BCUT2D eigenvalue weighted by Gasteiger charge is -2.16. The molecule has 8 heteroatoms. The molecule has 0 aliphatic carbocycles. The van der Waals surface area contributed by atoms with Crippen molar-refractivity contribution >= 4 is 41.0 Å². The van der Waals surface area contributed by atoms with E-state index in [0.717, 1.165) is 16.8 Å². The van der Waals surface area contributed by atoms with Gasteiger partial charge >= 0.3 is 0 Å². The van der Waals surface area contributed by atoms with Crippen molar-refractivity contribution in [3.8, 4) is 0 Å². The van der Waals surface area contributed by atoms with Gasteiger partial charge in [-0.05, 0) is 51.0 Å². The van der Waals surface area contributed by atoms with E-state index < -0.39 is 11.2 Å². The molecule has 1 atom stereocenters. The van der Waals surface area contributed by atoms with Crippen molar-refractivity contribution < 1.29 is 9.59 Å². The molecule has 1 unspecified atom stereocenters. The fourth-order valence-electron chi connectivity index (χ4n) is 2.19. The third-order valence-electron chi connectivity index (χ3n) is 3.85. The van der Waals surface area contributed by atoms with Gasteiger partial charge < -0.3 is 11.1 Å². The van der Waals surface area contributed by atoms with Crippen LogP contribution in [0.15, 0.2) is 23.4 Å². The lowest BCUT2D eigenvalue weighted by atomic mass is 10.0. The number of anilines is 1. The summed E-state index contributed by atoms with van der Waals surface area (Å²) in [6.45, 7) is 7.31. The van der Waals surface area contributed by atoms with Gasteiger partial charge in [0.1, 0.15) is 10.8 Å². The number of thioether (sulfide) groups is 1. The summed E-state index contributed by atoms with van der Waals surface area (Å²) < 4.78 is 0. The van der Waals surface area contributed by atoms with Gasteiger partial charge in [-0.15, -0.1) is 0 Å². The van der Waals surface area contributed by atoms with E-state index in [-0.39, 0.29) is 5.91 Å². The van der Waals surface area contributed by atoms with Gasteiger partial charge in [-0.3, -0.25) is 9.59 Å². The highest BCUT2D eigenvalue weighted by Crippen LogP contribution is 2.30. The third kappa shape index (κ3) is 4.49. The van der Waals surface area contributed by atoms with Crippen LogP contribution in [0, 0.1) is 20.8 Å². The van der Waals surface area contributed by atoms with Crippen molar-refractivity contribution in [3.05, 3.63) is 45.7 Å². The Morgan fingerprint density at radius 3 is 2.48 bits per heavy atom. The van der Waals surface area contributed by atoms with E-state index >= 15 is 0 Å². The van der Waals surface area contributed by atoms with Crippen LogP contribution in [-0.2, 0) is 4.79 Å². The minimum Gasteiger partial charge on any atom is -0.366 e. The normalized spacial score (nSPS) is 11.9. The summed E-state index contributed by atoms with van der Waals surface area (Å²) in [5.41, 5.74) is 8.37. The lowest BCUT2D eigenvalue weighted by molar-refractivity contribution is -0.115. The molecule has 0 saturated carbocycles. The van der Waals surface area contributed by atoms with Gasteiger partial charge in [0, 0.05) is 11.9 Å². The number of carbonyl (C=O) groups excluding carboxylic acids is 2. The molecule has 0 saturated heterocycles. The highest BCUT2D eigenvalue weighted by atomic mass is 35.5. The maximum Gasteiger partial charge on any atom is 0.251 e. The first-order valence-electron chi connectivity index (χ1n) is 7.57. The van der Waals surface area contributed by atoms with Crippen molar-refractivity contribution in [2.75, 3.05) is 5.32 Å². The highest BCUT2D eigenvalue weighted by Gasteiger charge is 2.22. The first-order chi connectivity index (χ1) is 11.7. The maximum atomic E-state index is 12.4. The minimum atomic E-state index is -0.553. The molecule has 0 aliphatic heterocycles. The standard InChI is InChI=1S/C17H19ClN4O2S/c1-8-9(2)14(15(19)23)17(21-10(8)3)25-11(4)16(24)22-13-6-5-12(18)7-20-13/h5-7,11H,1-4H3,(H2,19,23)(H,20,22,24). The number of rotatable bonds is 5. The molecule has 2 aromatic rings. The summed E-state index contributed by atoms with van der Waals surface area (Å²) in [4.78, 5) is 32.7. The summed E-state index contributed by atoms with van der Waals surface area (Å²) >= 11 is 6.96. The van der Waals surface area contributed by atoms with Crippen molar-refractivity contribution in [3.63, 3.8) is 0 Å². The quantitative estimate of drug-likeness (QED) is 0.778. The summed E-state index contributed by atoms with van der Waals surface area (Å²) in [6.07, 6.45) is 1.45. The van der Waals surface area contributed by atoms with Crippen LogP contribution in [0.5, 0.6) is 0 Å². The Kier molecular flexibility index (Phi) is 6.02. The SMILES string of the molecule is Cc1nc(SC(C)C(=O)Nc2ccc(Cl)cn2)c(C(N)=O)c(C)c1C. The van der Waals surface area contributed by atoms with E-state index in [1.807, 2.05) is 20.8 Å². The fraction of sp³-hybridized carbons (Fsp3) is 0.294. The number of hydrogen-bond donors (Lipinski definition) is 2. The Bertz CT molecular complexity index is 824. The second kappa shape index (κ2) is 7.84. The number of primary amides is 1. The summed E-state index contributed by atoms with van der Waals surface area (Å²) in [7, 11) is 0. The van der Waals surface area contributed by atoms with Crippen LogP contribution >= 0.6 is 23.4 Å². The van der Waals surface area contributed by atoms with E-state index in [0.29, 0.717) is 21.4 Å². The Morgan fingerprint density at radius 1 is 1.24 bits per heavy atom. The predicted molar refractivity (Wildman–Crippen MR) is 100 cm³/mol. The number of hydrogen-bond acceptors (Lipinski definition) is 5. The molecule has 0 aliphatic rings.